The molecule has 1 aromatic heterocycles. The van der Waals surface area contributed by atoms with Crippen molar-refractivity contribution >= 4 is 40.6 Å². The fourth-order valence-electron chi connectivity index (χ4n) is 2.86. The average Bonchev–Trinajstić information content (AvgIpc) is 3.13. The molecule has 0 aliphatic carbocycles. The molecule has 0 saturated heterocycles. The molecule has 2 rings (SSSR count). The molecule has 30 heavy (non-hydrogen) atoms. The predicted octanol–water partition coefficient (Wildman–Crippen LogP) is 4.57. The van der Waals surface area contributed by atoms with Crippen LogP contribution in [0, 0.1) is 11.8 Å². The third-order valence-electron chi connectivity index (χ3n) is 4.09. The van der Waals surface area contributed by atoms with Gasteiger partial charge in [0.15, 0.2) is 4.34 Å². The van der Waals surface area contributed by atoms with Crippen LogP contribution in [0.1, 0.15) is 33.4 Å². The first-order chi connectivity index (χ1) is 14.3. The number of aromatic nitrogens is 1. The molecule has 0 aliphatic rings. The molecule has 0 fully saturated rings. The van der Waals surface area contributed by atoms with Gasteiger partial charge < -0.3 is 15.0 Å². The lowest BCUT2D eigenvalue weighted by molar-refractivity contribution is -0.131. The summed E-state index contributed by atoms with van der Waals surface area (Å²) in [6, 6.07) is 7.20. The zero-order chi connectivity index (χ0) is 22.1. The Kier molecular flexibility index (Phi) is 9.65. The molecule has 0 bridgehead atoms. The number of thiazole rings is 1. The van der Waals surface area contributed by atoms with Crippen molar-refractivity contribution in [3.05, 3.63) is 35.3 Å². The summed E-state index contributed by atoms with van der Waals surface area (Å²) in [5.74, 6) is 1.87. The van der Waals surface area contributed by atoms with Crippen molar-refractivity contribution in [2.24, 2.45) is 11.8 Å². The average molecular weight is 450 g/mol. The van der Waals surface area contributed by atoms with Crippen LogP contribution >= 0.6 is 23.1 Å². The Morgan fingerprint density at radius 3 is 2.33 bits per heavy atom. The molecule has 0 atom stereocenters. The minimum absolute atomic E-state index is 0.0990. The standard InChI is InChI=1S/C22H31N3O3S2/c1-15(2)11-25(12-16(3)4)21(27)10-18-13-29-22(24-18)30-14-20(26)23-17-6-8-19(28-5)9-7-17/h6-9,13,15-16H,10-12,14H2,1-5H3,(H,23,26). The number of carbonyl (C=O) groups is 2. The van der Waals surface area contributed by atoms with Crippen molar-refractivity contribution in [3.63, 3.8) is 0 Å². The number of hydrogen-bond donors (Lipinski definition) is 1. The van der Waals surface area contributed by atoms with Gasteiger partial charge in [-0.05, 0) is 36.1 Å². The second-order valence-corrected chi connectivity index (χ2v) is 10.0. The van der Waals surface area contributed by atoms with Crippen molar-refractivity contribution in [1.82, 2.24) is 9.88 Å². The van der Waals surface area contributed by atoms with Gasteiger partial charge in [-0.3, -0.25) is 9.59 Å². The highest BCUT2D eigenvalue weighted by Crippen LogP contribution is 2.24. The predicted molar refractivity (Wildman–Crippen MR) is 124 cm³/mol. The molecule has 1 aromatic carbocycles. The van der Waals surface area contributed by atoms with Crippen molar-refractivity contribution in [2.75, 3.05) is 31.3 Å². The van der Waals surface area contributed by atoms with Crippen molar-refractivity contribution in [2.45, 2.75) is 38.5 Å². The number of ether oxygens (including phenoxy) is 1. The zero-order valence-corrected chi connectivity index (χ0v) is 19.9. The Hall–Kier alpha value is -2.06. The SMILES string of the molecule is COc1ccc(NC(=O)CSc2nc(CC(=O)N(CC(C)C)CC(C)C)cs2)cc1. The Labute approximate surface area is 187 Å². The number of nitrogens with one attached hydrogen (secondary N) is 1. The number of amides is 2. The molecule has 2 amide bonds. The molecule has 2 aromatic rings. The molecule has 6 nitrogen and oxygen atoms in total. The fraction of sp³-hybridized carbons (Fsp3) is 0.500. The van der Waals surface area contributed by atoms with Gasteiger partial charge in [-0.15, -0.1) is 11.3 Å². The topological polar surface area (TPSA) is 71.5 Å². The van der Waals surface area contributed by atoms with E-state index < -0.39 is 0 Å². The number of benzene rings is 1. The molecular weight excluding hydrogens is 418 g/mol. The van der Waals surface area contributed by atoms with Crippen molar-refractivity contribution < 1.29 is 14.3 Å². The van der Waals surface area contributed by atoms with Crippen molar-refractivity contribution in [3.8, 4) is 5.75 Å². The highest BCUT2D eigenvalue weighted by atomic mass is 32.2. The van der Waals surface area contributed by atoms with Gasteiger partial charge in [0.05, 0.1) is 25.0 Å². The summed E-state index contributed by atoms with van der Waals surface area (Å²) in [6.07, 6.45) is 0.300. The lowest BCUT2D eigenvalue weighted by Gasteiger charge is -2.26. The van der Waals surface area contributed by atoms with E-state index in [1.165, 1.54) is 23.1 Å². The molecule has 1 N–H and O–H groups in total. The minimum Gasteiger partial charge on any atom is -0.497 e. The monoisotopic (exact) mass is 449 g/mol. The van der Waals surface area contributed by atoms with Crippen LogP contribution in [0.4, 0.5) is 5.69 Å². The van der Waals surface area contributed by atoms with Crippen LogP contribution in [0.5, 0.6) is 5.75 Å². The molecule has 1 heterocycles. The molecule has 8 heteroatoms. The summed E-state index contributed by atoms with van der Waals surface area (Å²) >= 11 is 2.85. The quantitative estimate of drug-likeness (QED) is 0.509. The Balaban J connectivity index is 1.84. The number of methoxy groups -OCH3 is 1. The maximum absolute atomic E-state index is 12.7. The Morgan fingerprint density at radius 2 is 1.77 bits per heavy atom. The fourth-order valence-corrected chi connectivity index (χ4v) is 4.51. The van der Waals surface area contributed by atoms with E-state index in [0.29, 0.717) is 18.3 Å². The van der Waals surface area contributed by atoms with E-state index in [0.717, 1.165) is 34.6 Å². The smallest absolute Gasteiger partial charge is 0.234 e. The summed E-state index contributed by atoms with van der Waals surface area (Å²) < 4.78 is 5.90. The maximum Gasteiger partial charge on any atom is 0.234 e. The summed E-state index contributed by atoms with van der Waals surface area (Å²) in [6.45, 7) is 10.00. The van der Waals surface area contributed by atoms with Crippen LogP contribution in [0.25, 0.3) is 0 Å². The third kappa shape index (κ3) is 8.36. The van der Waals surface area contributed by atoms with Gasteiger partial charge in [-0.25, -0.2) is 4.98 Å². The first kappa shape index (κ1) is 24.2. The Morgan fingerprint density at radius 1 is 1.13 bits per heavy atom. The number of hydrogen-bond acceptors (Lipinski definition) is 6. The number of anilines is 1. The van der Waals surface area contributed by atoms with Crippen LogP contribution in [0.15, 0.2) is 34.0 Å². The maximum atomic E-state index is 12.7. The van der Waals surface area contributed by atoms with Crippen LogP contribution in [-0.2, 0) is 16.0 Å². The van der Waals surface area contributed by atoms with Gasteiger partial charge >= 0.3 is 0 Å². The lowest BCUT2D eigenvalue weighted by Crippen LogP contribution is -2.38. The van der Waals surface area contributed by atoms with Gasteiger partial charge in [0, 0.05) is 24.2 Å². The molecular formula is C22H31N3O3S2. The second kappa shape index (κ2) is 12.0. The highest BCUT2D eigenvalue weighted by Gasteiger charge is 2.18. The van der Waals surface area contributed by atoms with E-state index in [1.807, 2.05) is 10.3 Å². The minimum atomic E-state index is -0.0990. The number of nitrogens with zero attached hydrogens (tertiary/aromatic N) is 2. The molecule has 164 valence electrons. The summed E-state index contributed by atoms with van der Waals surface area (Å²) in [5, 5.41) is 4.76. The summed E-state index contributed by atoms with van der Waals surface area (Å²) in [4.78, 5) is 31.4. The number of rotatable bonds is 11. The normalized spacial score (nSPS) is 11.0. The van der Waals surface area contributed by atoms with E-state index in [4.69, 9.17) is 4.74 Å². The van der Waals surface area contributed by atoms with Gasteiger partial charge in [0.1, 0.15) is 5.75 Å². The van der Waals surface area contributed by atoms with Crippen molar-refractivity contribution in [1.29, 1.82) is 0 Å². The van der Waals surface area contributed by atoms with Crippen LogP contribution in [0.3, 0.4) is 0 Å². The third-order valence-corrected chi connectivity index (χ3v) is 6.16. The first-order valence-corrected chi connectivity index (χ1v) is 11.9. The van der Waals surface area contributed by atoms with E-state index >= 15 is 0 Å². The summed E-state index contributed by atoms with van der Waals surface area (Å²) in [7, 11) is 1.60. The van der Waals surface area contributed by atoms with Gasteiger partial charge in [0.25, 0.3) is 0 Å². The van der Waals surface area contributed by atoms with E-state index in [1.54, 1.807) is 31.4 Å². The zero-order valence-electron chi connectivity index (χ0n) is 18.3. The summed E-state index contributed by atoms with van der Waals surface area (Å²) in [5.41, 5.74) is 1.49. The largest absolute Gasteiger partial charge is 0.497 e. The van der Waals surface area contributed by atoms with Crippen LogP contribution in [-0.4, -0.2) is 47.7 Å². The van der Waals surface area contributed by atoms with Gasteiger partial charge in [0.2, 0.25) is 11.8 Å². The Bertz CT molecular complexity index is 809. The van der Waals surface area contributed by atoms with E-state index in [2.05, 4.69) is 38.0 Å². The van der Waals surface area contributed by atoms with E-state index in [9.17, 15) is 9.59 Å². The number of carbonyl (C=O) groups excluding carboxylic acids is 2. The van der Waals surface area contributed by atoms with Gasteiger partial charge in [-0.2, -0.15) is 0 Å². The second-order valence-electron chi connectivity index (χ2n) is 7.93. The molecule has 0 aliphatic heterocycles. The van der Waals surface area contributed by atoms with Gasteiger partial charge in [-0.1, -0.05) is 39.5 Å². The lowest BCUT2D eigenvalue weighted by atomic mass is 10.1. The van der Waals surface area contributed by atoms with E-state index in [-0.39, 0.29) is 17.6 Å². The number of thioether (sulfide) groups is 1. The molecule has 0 radical (unpaired) electrons. The van der Waals surface area contributed by atoms with Crippen LogP contribution in [0.2, 0.25) is 0 Å². The highest BCUT2D eigenvalue weighted by molar-refractivity contribution is 8.01. The molecule has 0 unspecified atom stereocenters. The first-order valence-electron chi connectivity index (χ1n) is 10.1. The van der Waals surface area contributed by atoms with Crippen LogP contribution < -0.4 is 10.1 Å². The molecule has 0 spiro atoms. The molecule has 0 saturated carbocycles.